The van der Waals surface area contributed by atoms with Gasteiger partial charge in [0.15, 0.2) is 0 Å². The van der Waals surface area contributed by atoms with Crippen molar-refractivity contribution in [3.05, 3.63) is 71.3 Å². The Kier molecular flexibility index (Phi) is 4.15. The SMILES string of the molecule is C[C@H](OC(=O)c1ccccc1C(=O)[O-])c1ccccc1. The molecule has 0 radical (unpaired) electrons. The minimum Gasteiger partial charge on any atom is -0.545 e. The van der Waals surface area contributed by atoms with E-state index in [-0.39, 0.29) is 11.1 Å². The lowest BCUT2D eigenvalue weighted by molar-refractivity contribution is -0.255. The Labute approximate surface area is 116 Å². The molecule has 0 bridgehead atoms. The first kappa shape index (κ1) is 13.8. The second kappa shape index (κ2) is 6.02. The van der Waals surface area contributed by atoms with Crippen LogP contribution in [-0.2, 0) is 4.74 Å². The van der Waals surface area contributed by atoms with Gasteiger partial charge in [0.2, 0.25) is 0 Å². The van der Waals surface area contributed by atoms with Crippen LogP contribution in [0.4, 0.5) is 0 Å². The van der Waals surface area contributed by atoms with Crippen LogP contribution in [0.1, 0.15) is 39.3 Å². The zero-order chi connectivity index (χ0) is 14.5. The molecule has 0 spiro atoms. The largest absolute Gasteiger partial charge is 0.545 e. The molecule has 0 amide bonds. The number of hydrogen-bond donors (Lipinski definition) is 0. The number of rotatable bonds is 4. The van der Waals surface area contributed by atoms with Gasteiger partial charge in [-0.15, -0.1) is 0 Å². The number of ether oxygens (including phenoxy) is 1. The number of carboxylic acids is 1. The van der Waals surface area contributed by atoms with Gasteiger partial charge in [0.25, 0.3) is 0 Å². The Balaban J connectivity index is 2.19. The Morgan fingerprint density at radius 2 is 1.50 bits per heavy atom. The van der Waals surface area contributed by atoms with Gasteiger partial charge < -0.3 is 14.6 Å². The van der Waals surface area contributed by atoms with Crippen LogP contribution in [0.25, 0.3) is 0 Å². The van der Waals surface area contributed by atoms with Crippen molar-refractivity contribution in [1.29, 1.82) is 0 Å². The highest BCUT2D eigenvalue weighted by atomic mass is 16.5. The highest BCUT2D eigenvalue weighted by molar-refractivity contribution is 6.01. The molecule has 0 unspecified atom stereocenters. The maximum atomic E-state index is 12.0. The number of aromatic carboxylic acids is 1. The maximum Gasteiger partial charge on any atom is 0.339 e. The lowest BCUT2D eigenvalue weighted by atomic mass is 10.1. The molecule has 0 fully saturated rings. The number of carbonyl (C=O) groups is 2. The Morgan fingerprint density at radius 3 is 2.10 bits per heavy atom. The summed E-state index contributed by atoms with van der Waals surface area (Å²) in [6.07, 6.45) is -0.460. The number of carbonyl (C=O) groups excluding carboxylic acids is 2. The van der Waals surface area contributed by atoms with E-state index in [4.69, 9.17) is 4.74 Å². The van der Waals surface area contributed by atoms with Gasteiger partial charge in [0, 0.05) is 5.56 Å². The first-order valence-corrected chi connectivity index (χ1v) is 6.16. The molecule has 4 nitrogen and oxygen atoms in total. The van der Waals surface area contributed by atoms with Gasteiger partial charge in [-0.1, -0.05) is 48.5 Å². The van der Waals surface area contributed by atoms with E-state index in [9.17, 15) is 14.7 Å². The Hall–Kier alpha value is -2.62. The second-order valence-corrected chi connectivity index (χ2v) is 4.29. The van der Waals surface area contributed by atoms with Crippen molar-refractivity contribution in [2.45, 2.75) is 13.0 Å². The van der Waals surface area contributed by atoms with Gasteiger partial charge in [-0.25, -0.2) is 4.79 Å². The van der Waals surface area contributed by atoms with Crippen LogP contribution in [0.15, 0.2) is 54.6 Å². The summed E-state index contributed by atoms with van der Waals surface area (Å²) in [4.78, 5) is 23.0. The number of esters is 1. The van der Waals surface area contributed by atoms with Gasteiger partial charge >= 0.3 is 5.97 Å². The first-order valence-electron chi connectivity index (χ1n) is 6.16. The van der Waals surface area contributed by atoms with E-state index in [1.54, 1.807) is 13.0 Å². The van der Waals surface area contributed by atoms with Crippen LogP contribution in [0.3, 0.4) is 0 Å². The number of hydrogen-bond acceptors (Lipinski definition) is 4. The average molecular weight is 269 g/mol. The topological polar surface area (TPSA) is 66.4 Å². The van der Waals surface area contributed by atoms with Crippen molar-refractivity contribution >= 4 is 11.9 Å². The van der Waals surface area contributed by atoms with Crippen molar-refractivity contribution in [3.8, 4) is 0 Å². The Morgan fingerprint density at radius 1 is 0.950 bits per heavy atom. The highest BCUT2D eigenvalue weighted by Crippen LogP contribution is 2.19. The molecule has 0 aliphatic heterocycles. The third kappa shape index (κ3) is 3.03. The molecule has 0 saturated carbocycles. The van der Waals surface area contributed by atoms with E-state index >= 15 is 0 Å². The van der Waals surface area contributed by atoms with Gasteiger partial charge in [-0.05, 0) is 18.6 Å². The molecule has 0 aromatic heterocycles. The van der Waals surface area contributed by atoms with Crippen LogP contribution in [0, 0.1) is 0 Å². The predicted molar refractivity (Wildman–Crippen MR) is 71.0 cm³/mol. The highest BCUT2D eigenvalue weighted by Gasteiger charge is 2.16. The van der Waals surface area contributed by atoms with E-state index in [2.05, 4.69) is 0 Å². The lowest BCUT2D eigenvalue weighted by Crippen LogP contribution is -2.25. The van der Waals surface area contributed by atoms with Gasteiger partial charge in [-0.3, -0.25) is 0 Å². The van der Waals surface area contributed by atoms with Crippen LogP contribution >= 0.6 is 0 Å². The van der Waals surface area contributed by atoms with Gasteiger partial charge in [0.05, 0.1) is 11.5 Å². The van der Waals surface area contributed by atoms with Crippen LogP contribution in [0.2, 0.25) is 0 Å². The normalized spacial score (nSPS) is 11.7. The van der Waals surface area contributed by atoms with Gasteiger partial charge in [0.1, 0.15) is 6.10 Å². The van der Waals surface area contributed by atoms with E-state index in [0.29, 0.717) is 0 Å². The molecule has 4 heteroatoms. The summed E-state index contributed by atoms with van der Waals surface area (Å²) in [5.41, 5.74) is 0.667. The molecule has 2 aromatic carbocycles. The molecule has 0 N–H and O–H groups in total. The molecule has 2 rings (SSSR count). The van der Waals surface area contributed by atoms with Crippen molar-refractivity contribution in [2.75, 3.05) is 0 Å². The van der Waals surface area contributed by atoms with E-state index in [1.165, 1.54) is 18.2 Å². The van der Waals surface area contributed by atoms with Crippen LogP contribution in [-0.4, -0.2) is 11.9 Å². The number of carboxylic acid groups (broad SMARTS) is 1. The standard InChI is InChI=1S/C16H14O4/c1-11(12-7-3-2-4-8-12)20-16(19)14-10-6-5-9-13(14)15(17)18/h2-11H,1H3,(H,17,18)/p-1/t11-/m0/s1. The van der Waals surface area contributed by atoms with Crippen molar-refractivity contribution in [3.63, 3.8) is 0 Å². The van der Waals surface area contributed by atoms with E-state index in [1.807, 2.05) is 30.3 Å². The molecule has 20 heavy (non-hydrogen) atoms. The second-order valence-electron chi connectivity index (χ2n) is 4.29. The van der Waals surface area contributed by atoms with E-state index in [0.717, 1.165) is 5.56 Å². The maximum absolute atomic E-state index is 12.0. The third-order valence-corrected chi connectivity index (χ3v) is 2.92. The molecule has 0 aliphatic rings. The zero-order valence-electron chi connectivity index (χ0n) is 10.9. The minimum atomic E-state index is -1.40. The third-order valence-electron chi connectivity index (χ3n) is 2.92. The fraction of sp³-hybridized carbons (Fsp3) is 0.125. The number of benzene rings is 2. The smallest absolute Gasteiger partial charge is 0.339 e. The summed E-state index contributed by atoms with van der Waals surface area (Å²) in [6.45, 7) is 1.73. The lowest BCUT2D eigenvalue weighted by Gasteiger charge is -2.15. The fourth-order valence-corrected chi connectivity index (χ4v) is 1.86. The van der Waals surface area contributed by atoms with Crippen LogP contribution in [0.5, 0.6) is 0 Å². The summed E-state index contributed by atoms with van der Waals surface area (Å²) in [7, 11) is 0. The molecule has 0 aliphatic carbocycles. The molecular formula is C16H13O4-. The molecule has 1 atom stereocenters. The van der Waals surface area contributed by atoms with Crippen molar-refractivity contribution in [1.82, 2.24) is 0 Å². The molecule has 0 saturated heterocycles. The molecular weight excluding hydrogens is 256 g/mol. The summed E-state index contributed by atoms with van der Waals surface area (Å²) in [5.74, 6) is -2.08. The first-order chi connectivity index (χ1) is 9.59. The summed E-state index contributed by atoms with van der Waals surface area (Å²) < 4.78 is 5.28. The van der Waals surface area contributed by atoms with Crippen LogP contribution < -0.4 is 5.11 Å². The predicted octanol–water partition coefficient (Wildman–Crippen LogP) is 1.97. The molecule has 102 valence electrons. The molecule has 2 aromatic rings. The van der Waals surface area contributed by atoms with Crippen molar-refractivity contribution in [2.24, 2.45) is 0 Å². The van der Waals surface area contributed by atoms with Crippen molar-refractivity contribution < 1.29 is 19.4 Å². The van der Waals surface area contributed by atoms with E-state index < -0.39 is 18.0 Å². The Bertz CT molecular complexity index is 619. The summed E-state index contributed by atoms with van der Waals surface area (Å²) >= 11 is 0. The average Bonchev–Trinajstić information content (AvgIpc) is 2.48. The summed E-state index contributed by atoms with van der Waals surface area (Å²) in [5, 5.41) is 11.0. The monoisotopic (exact) mass is 269 g/mol. The van der Waals surface area contributed by atoms with Gasteiger partial charge in [-0.2, -0.15) is 0 Å². The zero-order valence-corrected chi connectivity index (χ0v) is 10.9. The fourth-order valence-electron chi connectivity index (χ4n) is 1.86. The quantitative estimate of drug-likeness (QED) is 0.796. The molecule has 0 heterocycles. The summed E-state index contributed by atoms with van der Waals surface area (Å²) in [6, 6.07) is 15.1. The minimum absolute atomic E-state index is 0.00437.